The predicted octanol–water partition coefficient (Wildman–Crippen LogP) is 3.99. The van der Waals surface area contributed by atoms with Crippen LogP contribution in [-0.4, -0.2) is 17.9 Å². The fourth-order valence-electron chi connectivity index (χ4n) is 3.98. The van der Waals surface area contributed by atoms with Crippen LogP contribution in [0.25, 0.3) is 10.8 Å². The van der Waals surface area contributed by atoms with Gasteiger partial charge in [0.15, 0.2) is 0 Å². The molecular weight excluding hydrogens is 336 g/mol. The van der Waals surface area contributed by atoms with E-state index in [9.17, 15) is 9.59 Å². The van der Waals surface area contributed by atoms with Crippen molar-refractivity contribution in [3.63, 3.8) is 0 Å². The standard InChI is InChI=1S/C23H22N2O2/c1-15(17-8-4-3-5-9-17)25-22-13-12-18-10-6-7-11-19(18)20(22)14-21(23(25)27)24-16(2)26/h3-13,15,21H,14H2,1-2H3,(H,24,26)/t15-,21?/m0/s1. The zero-order valence-corrected chi connectivity index (χ0v) is 15.5. The molecule has 0 spiro atoms. The Kier molecular flexibility index (Phi) is 4.40. The third-order valence-electron chi connectivity index (χ3n) is 5.27. The van der Waals surface area contributed by atoms with Crippen molar-refractivity contribution in [2.24, 2.45) is 0 Å². The second-order valence-corrected chi connectivity index (χ2v) is 7.04. The smallest absolute Gasteiger partial charge is 0.250 e. The highest BCUT2D eigenvalue weighted by atomic mass is 16.2. The topological polar surface area (TPSA) is 49.4 Å². The Morgan fingerprint density at radius 1 is 1.04 bits per heavy atom. The highest BCUT2D eigenvalue weighted by Gasteiger charge is 2.37. The van der Waals surface area contributed by atoms with Crippen LogP contribution in [0.3, 0.4) is 0 Å². The molecule has 2 atom stereocenters. The lowest BCUT2D eigenvalue weighted by molar-refractivity contribution is -0.127. The van der Waals surface area contributed by atoms with Crippen LogP contribution in [0.2, 0.25) is 0 Å². The van der Waals surface area contributed by atoms with E-state index in [0.717, 1.165) is 27.6 Å². The summed E-state index contributed by atoms with van der Waals surface area (Å²) in [5.74, 6) is -0.256. The van der Waals surface area contributed by atoms with Crippen molar-refractivity contribution in [3.8, 4) is 0 Å². The van der Waals surface area contributed by atoms with Gasteiger partial charge >= 0.3 is 0 Å². The molecule has 0 bridgehead atoms. The molecule has 1 heterocycles. The van der Waals surface area contributed by atoms with E-state index in [1.165, 1.54) is 6.92 Å². The van der Waals surface area contributed by atoms with Crippen molar-refractivity contribution in [1.82, 2.24) is 5.32 Å². The SMILES string of the molecule is CC(=O)NC1Cc2c(ccc3ccccc23)N([C@@H](C)c2ccccc2)C1=O. The molecule has 1 N–H and O–H groups in total. The third-order valence-corrected chi connectivity index (χ3v) is 5.27. The average Bonchev–Trinajstić information content (AvgIpc) is 2.68. The lowest BCUT2D eigenvalue weighted by atomic mass is 9.90. The highest BCUT2D eigenvalue weighted by molar-refractivity contribution is 6.06. The van der Waals surface area contributed by atoms with Crippen molar-refractivity contribution in [1.29, 1.82) is 0 Å². The number of hydrogen-bond donors (Lipinski definition) is 1. The van der Waals surface area contributed by atoms with E-state index < -0.39 is 6.04 Å². The fourth-order valence-corrected chi connectivity index (χ4v) is 3.98. The Morgan fingerprint density at radius 2 is 1.74 bits per heavy atom. The van der Waals surface area contributed by atoms with Crippen LogP contribution in [0.4, 0.5) is 5.69 Å². The molecule has 0 radical (unpaired) electrons. The van der Waals surface area contributed by atoms with Crippen LogP contribution in [0.15, 0.2) is 66.7 Å². The summed E-state index contributed by atoms with van der Waals surface area (Å²) in [6.45, 7) is 3.49. The van der Waals surface area contributed by atoms with Gasteiger partial charge in [-0.15, -0.1) is 0 Å². The number of carbonyl (C=O) groups excluding carboxylic acids is 2. The van der Waals surface area contributed by atoms with Crippen molar-refractivity contribution >= 4 is 28.3 Å². The summed E-state index contributed by atoms with van der Waals surface area (Å²) in [6, 6.07) is 21.6. The molecule has 0 fully saturated rings. The number of nitrogens with zero attached hydrogens (tertiary/aromatic N) is 1. The van der Waals surface area contributed by atoms with Crippen molar-refractivity contribution in [2.45, 2.75) is 32.4 Å². The first-order valence-corrected chi connectivity index (χ1v) is 9.22. The average molecular weight is 358 g/mol. The number of rotatable bonds is 3. The monoisotopic (exact) mass is 358 g/mol. The van der Waals surface area contributed by atoms with Gasteiger partial charge in [-0.25, -0.2) is 0 Å². The van der Waals surface area contributed by atoms with Gasteiger partial charge in [0.05, 0.1) is 6.04 Å². The number of amides is 2. The number of benzene rings is 3. The molecule has 0 aromatic heterocycles. The Bertz CT molecular complexity index is 1010. The normalized spacial score (nSPS) is 17.5. The summed E-state index contributed by atoms with van der Waals surface area (Å²) in [5.41, 5.74) is 3.10. The molecule has 4 heteroatoms. The molecule has 2 amide bonds. The quantitative estimate of drug-likeness (QED) is 0.769. The summed E-state index contributed by atoms with van der Waals surface area (Å²) in [6.07, 6.45) is 0.507. The van der Waals surface area contributed by atoms with Crippen molar-refractivity contribution in [3.05, 3.63) is 77.9 Å². The summed E-state index contributed by atoms with van der Waals surface area (Å²) in [4.78, 5) is 26.8. The Labute approximate surface area is 158 Å². The molecule has 1 unspecified atom stereocenters. The minimum atomic E-state index is -0.549. The van der Waals surface area contributed by atoms with Gasteiger partial charge in [0, 0.05) is 19.0 Å². The highest BCUT2D eigenvalue weighted by Crippen LogP contribution is 2.38. The summed E-state index contributed by atoms with van der Waals surface area (Å²) in [5, 5.41) is 5.11. The van der Waals surface area contributed by atoms with Crippen LogP contribution in [-0.2, 0) is 16.0 Å². The van der Waals surface area contributed by atoms with E-state index in [0.29, 0.717) is 6.42 Å². The number of carbonyl (C=O) groups is 2. The van der Waals surface area contributed by atoms with Gasteiger partial charge in [-0.1, -0.05) is 60.7 Å². The fraction of sp³-hybridized carbons (Fsp3) is 0.217. The maximum Gasteiger partial charge on any atom is 0.250 e. The molecule has 3 aromatic rings. The predicted molar refractivity (Wildman–Crippen MR) is 108 cm³/mol. The Morgan fingerprint density at radius 3 is 2.48 bits per heavy atom. The minimum Gasteiger partial charge on any atom is -0.344 e. The van der Waals surface area contributed by atoms with E-state index in [2.05, 4.69) is 23.5 Å². The van der Waals surface area contributed by atoms with Gasteiger partial charge in [0.25, 0.3) is 0 Å². The second kappa shape index (κ2) is 6.88. The van der Waals surface area contributed by atoms with E-state index in [4.69, 9.17) is 0 Å². The molecule has 27 heavy (non-hydrogen) atoms. The molecule has 4 nitrogen and oxygen atoms in total. The molecule has 0 saturated carbocycles. The lowest BCUT2D eigenvalue weighted by Gasteiger charge is -2.39. The molecule has 136 valence electrons. The maximum absolute atomic E-state index is 13.3. The van der Waals surface area contributed by atoms with Gasteiger partial charge in [-0.05, 0) is 34.9 Å². The number of fused-ring (bicyclic) bond motifs is 3. The third kappa shape index (κ3) is 3.08. The first-order valence-electron chi connectivity index (χ1n) is 9.22. The molecule has 0 saturated heterocycles. The van der Waals surface area contributed by atoms with Crippen molar-refractivity contribution in [2.75, 3.05) is 4.90 Å². The summed E-state index contributed by atoms with van der Waals surface area (Å²) in [7, 11) is 0. The molecule has 1 aliphatic rings. The largest absolute Gasteiger partial charge is 0.344 e. The zero-order valence-electron chi connectivity index (χ0n) is 15.5. The first kappa shape index (κ1) is 17.3. The second-order valence-electron chi connectivity index (χ2n) is 7.04. The minimum absolute atomic E-state index is 0.0654. The van der Waals surface area contributed by atoms with E-state index in [1.807, 2.05) is 60.4 Å². The zero-order chi connectivity index (χ0) is 19.0. The van der Waals surface area contributed by atoms with E-state index in [-0.39, 0.29) is 17.9 Å². The van der Waals surface area contributed by atoms with Crippen LogP contribution < -0.4 is 10.2 Å². The van der Waals surface area contributed by atoms with Gasteiger partial charge in [0.2, 0.25) is 11.8 Å². The van der Waals surface area contributed by atoms with E-state index in [1.54, 1.807) is 0 Å². The molecule has 4 rings (SSSR count). The number of nitrogens with one attached hydrogen (secondary N) is 1. The number of hydrogen-bond acceptors (Lipinski definition) is 2. The summed E-state index contributed by atoms with van der Waals surface area (Å²) >= 11 is 0. The Balaban J connectivity index is 1.88. The summed E-state index contributed by atoms with van der Waals surface area (Å²) < 4.78 is 0. The number of anilines is 1. The van der Waals surface area contributed by atoms with Gasteiger partial charge in [-0.3, -0.25) is 9.59 Å². The molecule has 0 aliphatic carbocycles. The van der Waals surface area contributed by atoms with Crippen molar-refractivity contribution < 1.29 is 9.59 Å². The molecular formula is C23H22N2O2. The maximum atomic E-state index is 13.3. The van der Waals surface area contributed by atoms with Gasteiger partial charge < -0.3 is 10.2 Å². The lowest BCUT2D eigenvalue weighted by Crippen LogP contribution is -2.53. The van der Waals surface area contributed by atoms with Crippen LogP contribution in [0.5, 0.6) is 0 Å². The molecule has 1 aliphatic heterocycles. The van der Waals surface area contributed by atoms with Crippen LogP contribution in [0.1, 0.15) is 31.0 Å². The first-order chi connectivity index (χ1) is 13.1. The Hall–Kier alpha value is -3.14. The van der Waals surface area contributed by atoms with Crippen LogP contribution in [0, 0.1) is 0 Å². The van der Waals surface area contributed by atoms with Crippen LogP contribution >= 0.6 is 0 Å². The molecule has 3 aromatic carbocycles. The van der Waals surface area contributed by atoms with Gasteiger partial charge in [0.1, 0.15) is 6.04 Å². The van der Waals surface area contributed by atoms with Gasteiger partial charge in [-0.2, -0.15) is 0 Å². The van der Waals surface area contributed by atoms with E-state index >= 15 is 0 Å².